The maximum Gasteiger partial charge on any atom is 0.261 e. The first-order valence-corrected chi connectivity index (χ1v) is 12.2. The number of amides is 2. The molecule has 0 bridgehead atoms. The van der Waals surface area contributed by atoms with Crippen LogP contribution >= 0.6 is 11.6 Å². The molecule has 4 rings (SSSR count). The molecule has 3 aromatic carbocycles. The summed E-state index contributed by atoms with van der Waals surface area (Å²) in [6.45, 7) is 0.552. The Kier molecular flexibility index (Phi) is 8.20. The van der Waals surface area contributed by atoms with Crippen LogP contribution in [-0.4, -0.2) is 16.4 Å². The van der Waals surface area contributed by atoms with E-state index in [2.05, 4.69) is 10.6 Å². The highest BCUT2D eigenvalue weighted by atomic mass is 35.5. The number of nitrogens with zero attached hydrogens (tertiary/aromatic N) is 1. The van der Waals surface area contributed by atoms with Gasteiger partial charge in [0.25, 0.3) is 5.91 Å². The predicted molar refractivity (Wildman–Crippen MR) is 146 cm³/mol. The molecule has 0 saturated heterocycles. The van der Waals surface area contributed by atoms with Gasteiger partial charge < -0.3 is 20.9 Å². The molecule has 0 radical (unpaired) electrons. The number of carbonyl (C=O) groups excluding carboxylic acids is 2. The number of carbonyl (C=O) groups is 2. The normalized spacial score (nSPS) is 10.9. The van der Waals surface area contributed by atoms with E-state index in [-0.39, 0.29) is 22.2 Å². The molecule has 9 heteroatoms. The highest BCUT2D eigenvalue weighted by Gasteiger charge is 2.16. The SMILES string of the molecule is Nc1ccccc1NC(=O)CCCCCn1cc(C(=O)Nc2ccc(F)c(Cl)c2)c(=O)c2ccccc21. The Morgan fingerprint density at radius 2 is 1.70 bits per heavy atom. The number of halogens is 2. The number of nitrogens with one attached hydrogen (secondary N) is 2. The van der Waals surface area contributed by atoms with Gasteiger partial charge in [0.15, 0.2) is 0 Å². The molecule has 4 N–H and O–H groups in total. The minimum Gasteiger partial charge on any atom is -0.397 e. The lowest BCUT2D eigenvalue weighted by Gasteiger charge is -2.14. The first-order chi connectivity index (χ1) is 17.8. The van der Waals surface area contributed by atoms with Crippen molar-refractivity contribution in [2.45, 2.75) is 32.2 Å². The zero-order chi connectivity index (χ0) is 26.4. The van der Waals surface area contributed by atoms with Crippen molar-refractivity contribution < 1.29 is 14.0 Å². The van der Waals surface area contributed by atoms with Crippen molar-refractivity contribution in [3.05, 3.63) is 99.6 Å². The molecule has 0 aliphatic rings. The van der Waals surface area contributed by atoms with E-state index in [9.17, 15) is 18.8 Å². The van der Waals surface area contributed by atoms with Crippen molar-refractivity contribution in [2.75, 3.05) is 16.4 Å². The average Bonchev–Trinajstić information content (AvgIpc) is 2.88. The van der Waals surface area contributed by atoms with Gasteiger partial charge in [0.05, 0.1) is 21.9 Å². The average molecular weight is 521 g/mol. The summed E-state index contributed by atoms with van der Waals surface area (Å²) in [5.74, 6) is -1.31. The maximum absolute atomic E-state index is 13.5. The van der Waals surface area contributed by atoms with Gasteiger partial charge in [-0.25, -0.2) is 4.39 Å². The van der Waals surface area contributed by atoms with Crippen molar-refractivity contribution in [1.29, 1.82) is 0 Å². The van der Waals surface area contributed by atoms with Gasteiger partial charge in [-0.3, -0.25) is 14.4 Å². The van der Waals surface area contributed by atoms with Gasteiger partial charge in [-0.05, 0) is 55.3 Å². The van der Waals surface area contributed by atoms with Crippen LogP contribution < -0.4 is 21.8 Å². The molecule has 0 saturated carbocycles. The van der Waals surface area contributed by atoms with Crippen LogP contribution in [0.3, 0.4) is 0 Å². The summed E-state index contributed by atoms with van der Waals surface area (Å²) >= 11 is 5.80. The predicted octanol–water partition coefficient (Wildman–Crippen LogP) is 5.83. The van der Waals surface area contributed by atoms with Crippen LogP contribution in [0.15, 0.2) is 77.7 Å². The molecule has 7 nitrogen and oxygen atoms in total. The summed E-state index contributed by atoms with van der Waals surface area (Å²) < 4.78 is 15.3. The number of rotatable bonds is 9. The van der Waals surface area contributed by atoms with Crippen LogP contribution in [0.5, 0.6) is 0 Å². The molecule has 2 amide bonds. The number of pyridine rings is 1. The maximum atomic E-state index is 13.5. The van der Waals surface area contributed by atoms with E-state index in [1.54, 1.807) is 30.3 Å². The van der Waals surface area contributed by atoms with Gasteiger partial charge >= 0.3 is 0 Å². The number of fused-ring (bicyclic) bond motifs is 1. The lowest BCUT2D eigenvalue weighted by molar-refractivity contribution is -0.116. The number of nitrogen functional groups attached to an aromatic ring is 1. The van der Waals surface area contributed by atoms with E-state index in [1.165, 1.54) is 18.3 Å². The largest absolute Gasteiger partial charge is 0.397 e. The number of nitrogens with two attached hydrogens (primary N) is 1. The standard InChI is InChI=1S/C28H26ClFN4O3/c29-21-16-18(13-14-22(21)30)32-28(37)20-17-34(25-11-6-3-8-19(25)27(20)36)15-7-1-2-12-26(35)33-24-10-5-4-9-23(24)31/h3-6,8-11,13-14,16-17H,1-2,7,12,15,31H2,(H,32,37)(H,33,35). The van der Waals surface area contributed by atoms with Crippen molar-refractivity contribution in [2.24, 2.45) is 0 Å². The molecule has 0 spiro atoms. The van der Waals surface area contributed by atoms with Crippen LogP contribution in [0.1, 0.15) is 36.0 Å². The zero-order valence-corrected chi connectivity index (χ0v) is 20.7. The summed E-state index contributed by atoms with van der Waals surface area (Å²) in [6.07, 6.45) is 4.08. The Morgan fingerprint density at radius 1 is 0.946 bits per heavy atom. The Bertz CT molecular complexity index is 1520. The van der Waals surface area contributed by atoms with Gasteiger partial charge in [0.1, 0.15) is 11.4 Å². The number of anilines is 3. The van der Waals surface area contributed by atoms with E-state index in [4.69, 9.17) is 17.3 Å². The fraction of sp³-hybridized carbons (Fsp3) is 0.179. The molecular weight excluding hydrogens is 495 g/mol. The second-order valence-electron chi connectivity index (χ2n) is 8.61. The van der Waals surface area contributed by atoms with Gasteiger partial charge in [0, 0.05) is 30.2 Å². The molecule has 0 aliphatic heterocycles. The summed E-state index contributed by atoms with van der Waals surface area (Å²) in [4.78, 5) is 38.2. The summed E-state index contributed by atoms with van der Waals surface area (Å²) in [5.41, 5.74) is 7.56. The smallest absolute Gasteiger partial charge is 0.261 e. The summed E-state index contributed by atoms with van der Waals surface area (Å²) in [5, 5.41) is 5.73. The van der Waals surface area contributed by atoms with Gasteiger partial charge in [0.2, 0.25) is 11.3 Å². The van der Waals surface area contributed by atoms with Gasteiger partial charge in [-0.15, -0.1) is 0 Å². The summed E-state index contributed by atoms with van der Waals surface area (Å²) in [7, 11) is 0. The molecular formula is C28H26ClFN4O3. The third-order valence-electron chi connectivity index (χ3n) is 5.95. The monoisotopic (exact) mass is 520 g/mol. The zero-order valence-electron chi connectivity index (χ0n) is 20.0. The molecule has 0 unspecified atom stereocenters. The molecule has 190 valence electrons. The molecule has 0 fully saturated rings. The number of aryl methyl sites for hydroxylation is 1. The third kappa shape index (κ3) is 6.34. The van der Waals surface area contributed by atoms with E-state index in [0.717, 1.165) is 18.9 Å². The Hall–Kier alpha value is -4.17. The van der Waals surface area contributed by atoms with E-state index in [1.807, 2.05) is 22.8 Å². The molecule has 0 aliphatic carbocycles. The lowest BCUT2D eigenvalue weighted by Crippen LogP contribution is -2.24. The Morgan fingerprint density at radius 3 is 2.49 bits per heavy atom. The topological polar surface area (TPSA) is 106 Å². The van der Waals surface area contributed by atoms with Crippen molar-refractivity contribution in [3.8, 4) is 0 Å². The Balaban J connectivity index is 1.42. The number of hydrogen-bond acceptors (Lipinski definition) is 4. The fourth-order valence-corrected chi connectivity index (χ4v) is 4.21. The molecule has 37 heavy (non-hydrogen) atoms. The minimum atomic E-state index is -0.607. The number of benzene rings is 3. The quantitative estimate of drug-likeness (QED) is 0.191. The Labute approximate surface area is 218 Å². The van der Waals surface area contributed by atoms with E-state index in [0.29, 0.717) is 41.7 Å². The fourth-order valence-electron chi connectivity index (χ4n) is 4.03. The molecule has 0 atom stereocenters. The van der Waals surface area contributed by atoms with Crippen molar-refractivity contribution in [3.63, 3.8) is 0 Å². The van der Waals surface area contributed by atoms with Gasteiger partial charge in [-0.2, -0.15) is 0 Å². The highest BCUT2D eigenvalue weighted by Crippen LogP contribution is 2.21. The van der Waals surface area contributed by atoms with E-state index >= 15 is 0 Å². The number of hydrogen-bond donors (Lipinski definition) is 3. The molecule has 1 heterocycles. The second-order valence-corrected chi connectivity index (χ2v) is 9.02. The molecule has 4 aromatic rings. The van der Waals surface area contributed by atoms with Crippen LogP contribution in [0.2, 0.25) is 5.02 Å². The number of para-hydroxylation sites is 3. The van der Waals surface area contributed by atoms with Crippen LogP contribution in [0.25, 0.3) is 10.9 Å². The molecule has 1 aromatic heterocycles. The van der Waals surface area contributed by atoms with Crippen molar-refractivity contribution in [1.82, 2.24) is 4.57 Å². The van der Waals surface area contributed by atoms with Crippen LogP contribution in [-0.2, 0) is 11.3 Å². The number of unbranched alkanes of at least 4 members (excludes halogenated alkanes) is 2. The second kappa shape index (κ2) is 11.7. The van der Waals surface area contributed by atoms with E-state index < -0.39 is 17.2 Å². The van der Waals surface area contributed by atoms with Crippen molar-refractivity contribution >= 4 is 51.4 Å². The van der Waals surface area contributed by atoms with Crippen LogP contribution in [0, 0.1) is 5.82 Å². The lowest BCUT2D eigenvalue weighted by atomic mass is 10.1. The van der Waals surface area contributed by atoms with Crippen LogP contribution in [0.4, 0.5) is 21.5 Å². The van der Waals surface area contributed by atoms with Gasteiger partial charge in [-0.1, -0.05) is 42.3 Å². The minimum absolute atomic E-state index is 0.0287. The number of aromatic nitrogens is 1. The first-order valence-electron chi connectivity index (χ1n) is 11.9. The first kappa shape index (κ1) is 25.9. The third-order valence-corrected chi connectivity index (χ3v) is 6.24. The summed E-state index contributed by atoms with van der Waals surface area (Å²) in [6, 6.07) is 18.0. The highest BCUT2D eigenvalue weighted by molar-refractivity contribution is 6.31.